The van der Waals surface area contributed by atoms with Gasteiger partial charge in [0.15, 0.2) is 5.78 Å². The number of amides is 2. The first kappa shape index (κ1) is 14.0. The molecule has 0 aromatic heterocycles. The lowest BCUT2D eigenvalue weighted by Gasteiger charge is -2.21. The number of hydrogen-bond donors (Lipinski definition) is 2. The van der Waals surface area contributed by atoms with Crippen molar-refractivity contribution in [2.45, 2.75) is 25.8 Å². The quantitative estimate of drug-likeness (QED) is 0.826. The monoisotopic (exact) mass is 276 g/mol. The van der Waals surface area contributed by atoms with Crippen LogP contribution in [0.5, 0.6) is 0 Å². The van der Waals surface area contributed by atoms with Crippen molar-refractivity contribution < 1.29 is 19.5 Å². The lowest BCUT2D eigenvalue weighted by Crippen LogP contribution is -2.42. The van der Waals surface area contributed by atoms with Crippen LogP contribution in [0.3, 0.4) is 0 Å². The zero-order chi connectivity index (χ0) is 14.7. The van der Waals surface area contributed by atoms with Crippen molar-refractivity contribution in [3.63, 3.8) is 0 Å². The topological polar surface area (TPSA) is 86.7 Å². The van der Waals surface area contributed by atoms with Crippen molar-refractivity contribution in [3.05, 3.63) is 29.8 Å². The number of carboxylic acids is 1. The smallest absolute Gasteiger partial charge is 0.326 e. The molecular formula is C14H16N2O4. The molecule has 0 bridgehead atoms. The van der Waals surface area contributed by atoms with Crippen LogP contribution in [0, 0.1) is 0 Å². The lowest BCUT2D eigenvalue weighted by molar-refractivity contribution is -0.141. The summed E-state index contributed by atoms with van der Waals surface area (Å²) in [6.07, 6.45) is 1.15. The molecule has 1 aromatic rings. The van der Waals surface area contributed by atoms with E-state index >= 15 is 0 Å². The Bertz CT molecular complexity index is 556. The van der Waals surface area contributed by atoms with Gasteiger partial charge in [-0.2, -0.15) is 0 Å². The number of carbonyl (C=O) groups is 3. The first-order valence-electron chi connectivity index (χ1n) is 6.40. The van der Waals surface area contributed by atoms with Gasteiger partial charge in [-0.1, -0.05) is 12.1 Å². The molecule has 2 N–H and O–H groups in total. The normalized spacial score (nSPS) is 17.9. The van der Waals surface area contributed by atoms with Gasteiger partial charge in [-0.05, 0) is 31.9 Å². The molecule has 1 atom stereocenters. The Labute approximate surface area is 116 Å². The Morgan fingerprint density at radius 1 is 1.35 bits per heavy atom. The number of aliphatic carboxylic acids is 1. The molecule has 1 aliphatic rings. The van der Waals surface area contributed by atoms with Crippen molar-refractivity contribution >= 4 is 23.5 Å². The van der Waals surface area contributed by atoms with Crippen LogP contribution < -0.4 is 5.32 Å². The lowest BCUT2D eigenvalue weighted by atomic mass is 10.1. The number of carboxylic acid groups (broad SMARTS) is 1. The summed E-state index contributed by atoms with van der Waals surface area (Å²) < 4.78 is 0. The van der Waals surface area contributed by atoms with E-state index in [1.54, 1.807) is 24.3 Å². The zero-order valence-corrected chi connectivity index (χ0v) is 11.1. The number of likely N-dealkylation sites (tertiary alicyclic amines) is 1. The summed E-state index contributed by atoms with van der Waals surface area (Å²) in [6, 6.07) is 5.35. The molecule has 0 saturated carbocycles. The van der Waals surface area contributed by atoms with Gasteiger partial charge < -0.3 is 15.3 Å². The second kappa shape index (κ2) is 5.73. The van der Waals surface area contributed by atoms with Crippen LogP contribution >= 0.6 is 0 Å². The minimum Gasteiger partial charge on any atom is -0.480 e. The Morgan fingerprint density at radius 3 is 2.75 bits per heavy atom. The van der Waals surface area contributed by atoms with Crippen LogP contribution in [0.2, 0.25) is 0 Å². The fourth-order valence-corrected chi connectivity index (χ4v) is 2.28. The van der Waals surface area contributed by atoms with Crippen LogP contribution in [0.15, 0.2) is 24.3 Å². The molecule has 106 valence electrons. The number of carbonyl (C=O) groups excluding carboxylic acids is 2. The minimum absolute atomic E-state index is 0.0920. The maximum absolute atomic E-state index is 12.1. The molecule has 0 spiro atoms. The van der Waals surface area contributed by atoms with Crippen LogP contribution in [-0.4, -0.2) is 40.4 Å². The van der Waals surface area contributed by atoms with E-state index in [0.717, 1.165) is 0 Å². The molecule has 0 aliphatic carbocycles. The predicted molar refractivity (Wildman–Crippen MR) is 72.8 cm³/mol. The first-order chi connectivity index (χ1) is 9.49. The van der Waals surface area contributed by atoms with Gasteiger partial charge in [0.25, 0.3) is 0 Å². The van der Waals surface area contributed by atoms with Crippen LogP contribution in [0.25, 0.3) is 0 Å². The van der Waals surface area contributed by atoms with Gasteiger partial charge in [0, 0.05) is 17.8 Å². The third kappa shape index (κ3) is 2.96. The van der Waals surface area contributed by atoms with E-state index in [0.29, 0.717) is 30.6 Å². The highest BCUT2D eigenvalue weighted by Crippen LogP contribution is 2.19. The van der Waals surface area contributed by atoms with Gasteiger partial charge in [0.05, 0.1) is 0 Å². The van der Waals surface area contributed by atoms with Crippen molar-refractivity contribution in [2.24, 2.45) is 0 Å². The Morgan fingerprint density at radius 2 is 2.10 bits per heavy atom. The van der Waals surface area contributed by atoms with E-state index in [-0.39, 0.29) is 5.78 Å². The summed E-state index contributed by atoms with van der Waals surface area (Å²) in [5.41, 5.74) is 0.984. The number of nitrogens with one attached hydrogen (secondary N) is 1. The number of nitrogens with zero attached hydrogens (tertiary/aromatic N) is 1. The third-order valence-corrected chi connectivity index (χ3v) is 3.32. The number of ketones is 1. The maximum Gasteiger partial charge on any atom is 0.326 e. The molecule has 1 aliphatic heterocycles. The van der Waals surface area contributed by atoms with E-state index in [1.807, 2.05) is 0 Å². The molecule has 2 amide bonds. The minimum atomic E-state index is -0.991. The SMILES string of the molecule is CC(=O)c1cccc(NC(=O)N2CCC[C@H]2C(=O)O)c1. The largest absolute Gasteiger partial charge is 0.480 e. The van der Waals surface area contributed by atoms with Crippen LogP contribution in [-0.2, 0) is 4.79 Å². The summed E-state index contributed by atoms with van der Waals surface area (Å²) in [5, 5.41) is 11.7. The van der Waals surface area contributed by atoms with Crippen LogP contribution in [0.1, 0.15) is 30.1 Å². The number of rotatable bonds is 3. The summed E-state index contributed by atoms with van der Waals surface area (Å²) in [5.74, 6) is -1.08. The van der Waals surface area contributed by atoms with Crippen molar-refractivity contribution in [1.29, 1.82) is 0 Å². The van der Waals surface area contributed by atoms with Crippen LogP contribution in [0.4, 0.5) is 10.5 Å². The zero-order valence-electron chi connectivity index (χ0n) is 11.1. The highest BCUT2D eigenvalue weighted by Gasteiger charge is 2.33. The fraction of sp³-hybridized carbons (Fsp3) is 0.357. The molecule has 20 heavy (non-hydrogen) atoms. The first-order valence-corrected chi connectivity index (χ1v) is 6.40. The standard InChI is InChI=1S/C14H16N2O4/c1-9(17)10-4-2-5-11(8-10)15-14(20)16-7-3-6-12(16)13(18)19/h2,4-5,8,12H,3,6-7H2,1H3,(H,15,20)(H,18,19)/t12-/m0/s1. The fourth-order valence-electron chi connectivity index (χ4n) is 2.28. The molecule has 0 radical (unpaired) electrons. The average Bonchev–Trinajstić information content (AvgIpc) is 2.88. The number of anilines is 1. The van der Waals surface area contributed by atoms with Gasteiger partial charge in [-0.25, -0.2) is 9.59 Å². The highest BCUT2D eigenvalue weighted by atomic mass is 16.4. The van der Waals surface area contributed by atoms with E-state index < -0.39 is 18.0 Å². The molecule has 6 heteroatoms. The summed E-state index contributed by atoms with van der Waals surface area (Å²) >= 11 is 0. The number of urea groups is 1. The van der Waals surface area contributed by atoms with Gasteiger partial charge in [0.1, 0.15) is 6.04 Å². The van der Waals surface area contributed by atoms with E-state index in [4.69, 9.17) is 5.11 Å². The molecular weight excluding hydrogens is 260 g/mol. The third-order valence-electron chi connectivity index (χ3n) is 3.32. The van der Waals surface area contributed by atoms with E-state index in [2.05, 4.69) is 5.32 Å². The molecule has 0 unspecified atom stereocenters. The number of hydrogen-bond acceptors (Lipinski definition) is 3. The second-order valence-corrected chi connectivity index (χ2v) is 4.76. The Kier molecular flexibility index (Phi) is 4.02. The van der Waals surface area contributed by atoms with Gasteiger partial charge >= 0.3 is 12.0 Å². The molecule has 1 fully saturated rings. The maximum atomic E-state index is 12.1. The van der Waals surface area contributed by atoms with Crippen molar-refractivity contribution in [2.75, 3.05) is 11.9 Å². The average molecular weight is 276 g/mol. The van der Waals surface area contributed by atoms with Gasteiger partial charge in [-0.15, -0.1) is 0 Å². The summed E-state index contributed by atoms with van der Waals surface area (Å²) in [7, 11) is 0. The molecule has 1 heterocycles. The molecule has 6 nitrogen and oxygen atoms in total. The Hall–Kier alpha value is -2.37. The van der Waals surface area contributed by atoms with E-state index in [1.165, 1.54) is 11.8 Å². The Balaban J connectivity index is 2.09. The molecule has 1 aromatic carbocycles. The molecule has 2 rings (SSSR count). The van der Waals surface area contributed by atoms with Crippen molar-refractivity contribution in [3.8, 4) is 0 Å². The van der Waals surface area contributed by atoms with E-state index in [9.17, 15) is 14.4 Å². The van der Waals surface area contributed by atoms with Gasteiger partial charge in [-0.3, -0.25) is 4.79 Å². The predicted octanol–water partition coefficient (Wildman–Crippen LogP) is 1.97. The van der Waals surface area contributed by atoms with Gasteiger partial charge in [0.2, 0.25) is 0 Å². The summed E-state index contributed by atoms with van der Waals surface area (Å²) in [6.45, 7) is 1.87. The van der Waals surface area contributed by atoms with Crippen molar-refractivity contribution in [1.82, 2.24) is 4.90 Å². The number of benzene rings is 1. The number of Topliss-reactive ketones (excluding diaryl/α,β-unsaturated/α-hetero) is 1. The second-order valence-electron chi connectivity index (χ2n) is 4.76. The molecule has 1 saturated heterocycles. The highest BCUT2D eigenvalue weighted by molar-refractivity contribution is 5.97. The summed E-state index contributed by atoms with van der Waals surface area (Å²) in [4.78, 5) is 35.7.